The van der Waals surface area contributed by atoms with Crippen molar-refractivity contribution in [2.24, 2.45) is 46.3 Å². The van der Waals surface area contributed by atoms with Crippen LogP contribution < -0.4 is 21.3 Å². The van der Waals surface area contributed by atoms with Crippen LogP contribution in [0.4, 0.5) is 48.5 Å². The zero-order valence-corrected chi connectivity index (χ0v) is 50.6. The van der Waals surface area contributed by atoms with Gasteiger partial charge >= 0.3 is 24.2 Å². The second kappa shape index (κ2) is 32.0. The summed E-state index contributed by atoms with van der Waals surface area (Å²) in [6.07, 6.45) is 25.4. The normalized spacial score (nSPS) is 25.2. The second-order valence-electron chi connectivity index (χ2n) is 25.3. The third kappa shape index (κ3) is 18.3. The number of carbonyl (C=O) groups is 4. The highest BCUT2D eigenvalue weighted by atomic mass is 16.6. The Morgan fingerprint density at radius 1 is 0.576 bits per heavy atom. The number of fused-ring (bicyclic) bond motifs is 5. The van der Waals surface area contributed by atoms with Crippen molar-refractivity contribution in [3.05, 3.63) is 103 Å². The molecule has 4 fully saturated rings. The number of hydrogen-bond donors (Lipinski definition) is 4. The summed E-state index contributed by atoms with van der Waals surface area (Å²) in [5, 5.41) is 45.6. The molecule has 20 nitrogen and oxygen atoms in total. The van der Waals surface area contributed by atoms with Crippen LogP contribution in [0.25, 0.3) is 0 Å². The summed E-state index contributed by atoms with van der Waals surface area (Å²) in [6.45, 7) is 9.24. The molecule has 0 saturated heterocycles. The Morgan fingerprint density at radius 2 is 1.04 bits per heavy atom. The quantitative estimate of drug-likeness (QED) is 0.0149. The Labute approximate surface area is 501 Å². The van der Waals surface area contributed by atoms with Gasteiger partial charge in [-0.25, -0.2) is 14.4 Å². The van der Waals surface area contributed by atoms with E-state index >= 15 is 0 Å². The van der Waals surface area contributed by atoms with Gasteiger partial charge in [0.05, 0.1) is 21.4 Å². The molecule has 3 aromatic rings. The van der Waals surface area contributed by atoms with Gasteiger partial charge in [0.2, 0.25) is 0 Å². The van der Waals surface area contributed by atoms with Gasteiger partial charge in [0.1, 0.15) is 12.2 Å². The molecule has 0 aliphatic heterocycles. The fraction of sp³-hybridized carbons (Fsp3) is 0.662. The molecule has 0 bridgehead atoms. The Morgan fingerprint density at radius 3 is 1.52 bits per heavy atom. The summed E-state index contributed by atoms with van der Waals surface area (Å²) in [4.78, 5) is 87.7. The molecule has 4 saturated carbocycles. The van der Waals surface area contributed by atoms with Gasteiger partial charge < -0.3 is 24.8 Å². The first kappa shape index (κ1) is 65.7. The van der Waals surface area contributed by atoms with Crippen LogP contribution in [-0.4, -0.2) is 63.8 Å². The zero-order valence-electron chi connectivity index (χ0n) is 50.6. The van der Waals surface area contributed by atoms with Crippen molar-refractivity contribution in [3.63, 3.8) is 0 Å². The zero-order chi connectivity index (χ0) is 60.9. The number of unbranched alkanes of at least 4 members (excludes halogenated alkanes) is 17. The molecule has 4 N–H and O–H groups in total. The Bertz CT molecular complexity index is 2680. The van der Waals surface area contributed by atoms with E-state index in [1.807, 2.05) is 0 Å². The number of esters is 1. The lowest BCUT2D eigenvalue weighted by Crippen LogP contribution is -2.64. The van der Waals surface area contributed by atoms with E-state index in [1.54, 1.807) is 0 Å². The van der Waals surface area contributed by atoms with Gasteiger partial charge in [0, 0.05) is 77.3 Å². The van der Waals surface area contributed by atoms with E-state index in [2.05, 4.69) is 49.0 Å². The molecule has 466 valence electrons. The highest BCUT2D eigenvalue weighted by Gasteiger charge is 2.68. The molecule has 0 heterocycles. The van der Waals surface area contributed by atoms with E-state index in [1.165, 1.54) is 169 Å². The average molecular weight is 1180 g/mol. The number of nitro benzene ring substituents is 3. The molecular weight excluding hydrogens is 1090 g/mol. The number of ether oxygens (including phenoxy) is 3. The summed E-state index contributed by atoms with van der Waals surface area (Å²) >= 11 is 0. The van der Waals surface area contributed by atoms with E-state index < -0.39 is 50.6 Å². The molecule has 11 atom stereocenters. The smallest absolute Gasteiger partial charge is 0.411 e. The molecule has 4 amide bonds. The van der Waals surface area contributed by atoms with Crippen LogP contribution in [0.3, 0.4) is 0 Å². The van der Waals surface area contributed by atoms with Gasteiger partial charge in [-0.3, -0.25) is 45.8 Å². The first-order valence-corrected chi connectivity index (χ1v) is 31.8. The third-order valence-corrected chi connectivity index (χ3v) is 19.9. The fourth-order valence-electron chi connectivity index (χ4n) is 15.3. The van der Waals surface area contributed by atoms with Crippen LogP contribution in [0.15, 0.2) is 72.8 Å². The molecule has 0 radical (unpaired) electrons. The SMILES string of the molecule is CCCCCCCCCCCCCCCCCCCCOC(=O)CC[C@@H](C)[C@H]1CC[C@H]2[C@@H]3[C@H](OC(=O)Nc4ccc([N+](=O)[O-])cc4)C[C@@H]4C[C@H](NC(=O)Nc5ccc([N+](=O)[O-])cc5)CC[C@]4(C)[C@H]3C[C@H](OC(=O)Nc3ccc([N+](=O)[O-])cc3)[C@]12C. The van der Waals surface area contributed by atoms with Crippen molar-refractivity contribution < 1.29 is 48.2 Å². The lowest BCUT2D eigenvalue weighted by atomic mass is 9.43. The van der Waals surface area contributed by atoms with E-state index in [4.69, 9.17) is 14.2 Å². The van der Waals surface area contributed by atoms with Crippen molar-refractivity contribution in [1.82, 2.24) is 5.32 Å². The number of non-ortho nitro benzene ring substituents is 3. The maximum Gasteiger partial charge on any atom is 0.411 e. The number of amides is 4. The van der Waals surface area contributed by atoms with Crippen LogP contribution in [0.5, 0.6) is 0 Å². The van der Waals surface area contributed by atoms with Crippen LogP contribution in [0, 0.1) is 76.7 Å². The number of rotatable bonds is 32. The predicted octanol–water partition coefficient (Wildman–Crippen LogP) is 17.0. The van der Waals surface area contributed by atoms with Gasteiger partial charge in [-0.15, -0.1) is 0 Å². The minimum atomic E-state index is -0.719. The summed E-state index contributed by atoms with van der Waals surface area (Å²) in [6, 6.07) is 15.9. The third-order valence-electron chi connectivity index (χ3n) is 19.9. The van der Waals surface area contributed by atoms with E-state index in [0.717, 1.165) is 32.1 Å². The van der Waals surface area contributed by atoms with Crippen LogP contribution in [0.2, 0.25) is 0 Å². The molecule has 7 rings (SSSR count). The number of hydrogen-bond acceptors (Lipinski definition) is 13. The molecule has 20 heteroatoms. The summed E-state index contributed by atoms with van der Waals surface area (Å²) < 4.78 is 19.0. The summed E-state index contributed by atoms with van der Waals surface area (Å²) in [5.74, 6) is -0.791. The molecule has 4 aliphatic rings. The predicted molar refractivity (Wildman–Crippen MR) is 327 cm³/mol. The minimum Gasteiger partial charge on any atom is -0.466 e. The lowest BCUT2D eigenvalue weighted by molar-refractivity contribution is -0.385. The standard InChI is InChI=1S/C65H93N7O13/c1-5-6-7-8-9-10-11-12-13-14-15-16-17-18-19-20-21-22-41-83-59(73)38-23-45(2)54-36-37-55-60-56(44-58(65(54,55)4)85-63(76)69-49-28-34-53(35-29-49)72(81)82)64(3)40-39-50(67-61(74)66-47-24-30-51(31-25-47)70(77)78)42-46(64)43-57(60)84-62(75)68-48-26-32-52(33-27-48)71(79)80/h24-35,45-46,50,54-58,60H,5-23,36-44H2,1-4H3,(H,68,75)(H,69,76)(H2,66,67,74)/t45-,46+,50-,54-,55+,56+,57-,58+,60+,64+,65-/m1/s1. The molecule has 0 aromatic heterocycles. The second-order valence-corrected chi connectivity index (χ2v) is 25.3. The first-order chi connectivity index (χ1) is 40.9. The number of nitrogens with zero attached hydrogens (tertiary/aromatic N) is 3. The number of carbonyl (C=O) groups excluding carboxylic acids is 4. The summed E-state index contributed by atoms with van der Waals surface area (Å²) in [7, 11) is 0. The van der Waals surface area contributed by atoms with Crippen molar-refractivity contribution in [1.29, 1.82) is 0 Å². The minimum absolute atomic E-state index is 0.00318. The Kier molecular flexibility index (Phi) is 24.8. The van der Waals surface area contributed by atoms with E-state index in [-0.39, 0.29) is 76.4 Å². The maximum atomic E-state index is 14.2. The van der Waals surface area contributed by atoms with Crippen LogP contribution in [0.1, 0.15) is 201 Å². The fourth-order valence-corrected chi connectivity index (χ4v) is 15.3. The highest BCUT2D eigenvalue weighted by molar-refractivity contribution is 5.89. The molecule has 0 spiro atoms. The number of urea groups is 1. The van der Waals surface area contributed by atoms with Crippen molar-refractivity contribution >= 4 is 58.3 Å². The maximum absolute atomic E-state index is 14.2. The molecule has 85 heavy (non-hydrogen) atoms. The van der Waals surface area contributed by atoms with Crippen molar-refractivity contribution in [2.75, 3.05) is 22.6 Å². The molecule has 0 unspecified atom stereocenters. The van der Waals surface area contributed by atoms with Crippen molar-refractivity contribution in [2.45, 2.75) is 219 Å². The largest absolute Gasteiger partial charge is 0.466 e. The van der Waals surface area contributed by atoms with Gasteiger partial charge in [-0.1, -0.05) is 137 Å². The van der Waals surface area contributed by atoms with Gasteiger partial charge in [-0.05, 0) is 129 Å². The van der Waals surface area contributed by atoms with Crippen LogP contribution >= 0.6 is 0 Å². The Hall–Kier alpha value is -6.86. The van der Waals surface area contributed by atoms with E-state index in [0.29, 0.717) is 62.2 Å². The summed E-state index contributed by atoms with van der Waals surface area (Å²) in [5.41, 5.74) is -0.369. The number of nitro groups is 3. The molecular formula is C65H93N7O13. The first-order valence-electron chi connectivity index (χ1n) is 31.8. The van der Waals surface area contributed by atoms with Crippen molar-refractivity contribution in [3.8, 4) is 0 Å². The highest BCUT2D eigenvalue weighted by Crippen LogP contribution is 2.69. The van der Waals surface area contributed by atoms with Gasteiger partial charge in [0.25, 0.3) is 17.1 Å². The van der Waals surface area contributed by atoms with Gasteiger partial charge in [-0.2, -0.15) is 0 Å². The molecule has 3 aromatic carbocycles. The number of benzene rings is 3. The Balaban J connectivity index is 0.999. The van der Waals surface area contributed by atoms with Crippen LogP contribution in [-0.2, 0) is 19.0 Å². The van der Waals surface area contributed by atoms with E-state index in [9.17, 15) is 49.5 Å². The monoisotopic (exact) mass is 1180 g/mol. The lowest BCUT2D eigenvalue weighted by Gasteiger charge is -2.64. The average Bonchev–Trinajstić information content (AvgIpc) is 1.74. The van der Waals surface area contributed by atoms with Gasteiger partial charge in [0.15, 0.2) is 0 Å². The number of nitrogens with one attached hydrogen (secondary N) is 4. The number of anilines is 3. The molecule has 4 aliphatic carbocycles. The topological polar surface area (TPSA) is 274 Å².